The SMILES string of the molecule is O=C(O)C1CCCN(S(=O)(=O)c2cc(Cl)ccc2Br)C1. The Morgan fingerprint density at radius 2 is 2.15 bits per heavy atom. The third-order valence-electron chi connectivity index (χ3n) is 3.24. The van der Waals surface area contributed by atoms with Crippen LogP contribution in [0.1, 0.15) is 12.8 Å². The first-order valence-electron chi connectivity index (χ1n) is 6.00. The molecule has 5 nitrogen and oxygen atoms in total. The first-order valence-corrected chi connectivity index (χ1v) is 8.61. The molecule has 1 N–H and O–H groups in total. The Bertz CT molecular complexity index is 634. The topological polar surface area (TPSA) is 74.7 Å². The van der Waals surface area contributed by atoms with Crippen LogP contribution in [0, 0.1) is 5.92 Å². The smallest absolute Gasteiger partial charge is 0.307 e. The van der Waals surface area contributed by atoms with Crippen LogP contribution in [0.25, 0.3) is 0 Å². The maximum atomic E-state index is 12.6. The van der Waals surface area contributed by atoms with E-state index in [1.165, 1.54) is 10.4 Å². The average Bonchev–Trinajstić information content (AvgIpc) is 2.41. The number of nitrogens with zero attached hydrogens (tertiary/aromatic N) is 1. The van der Waals surface area contributed by atoms with Crippen LogP contribution in [-0.2, 0) is 14.8 Å². The highest BCUT2D eigenvalue weighted by atomic mass is 79.9. The molecule has 1 aliphatic rings. The summed E-state index contributed by atoms with van der Waals surface area (Å²) in [6, 6.07) is 4.51. The number of carboxylic acids is 1. The lowest BCUT2D eigenvalue weighted by molar-refractivity contribution is -0.142. The zero-order chi connectivity index (χ0) is 14.9. The van der Waals surface area contributed by atoms with Crippen molar-refractivity contribution in [2.75, 3.05) is 13.1 Å². The molecule has 1 aliphatic heterocycles. The predicted molar refractivity (Wildman–Crippen MR) is 78.3 cm³/mol. The highest BCUT2D eigenvalue weighted by Gasteiger charge is 2.34. The van der Waals surface area contributed by atoms with Gasteiger partial charge in [-0.2, -0.15) is 4.31 Å². The molecule has 1 atom stereocenters. The Labute approximate surface area is 130 Å². The first kappa shape index (κ1) is 15.8. The van der Waals surface area contributed by atoms with Crippen molar-refractivity contribution in [1.82, 2.24) is 4.31 Å². The molecule has 1 aromatic rings. The van der Waals surface area contributed by atoms with Crippen LogP contribution in [0.15, 0.2) is 27.6 Å². The summed E-state index contributed by atoms with van der Waals surface area (Å²) < 4.78 is 26.8. The van der Waals surface area contributed by atoms with E-state index in [1.54, 1.807) is 12.1 Å². The first-order chi connectivity index (χ1) is 9.32. The van der Waals surface area contributed by atoms with Crippen LogP contribution in [0.4, 0.5) is 0 Å². The van der Waals surface area contributed by atoms with Gasteiger partial charge in [0, 0.05) is 22.6 Å². The number of halogens is 2. The van der Waals surface area contributed by atoms with Crippen LogP contribution in [-0.4, -0.2) is 36.9 Å². The summed E-state index contributed by atoms with van der Waals surface area (Å²) >= 11 is 9.04. The van der Waals surface area contributed by atoms with Gasteiger partial charge in [-0.3, -0.25) is 4.79 Å². The minimum atomic E-state index is -3.74. The Balaban J connectivity index is 2.35. The zero-order valence-corrected chi connectivity index (χ0v) is 13.6. The molecular formula is C12H13BrClNO4S. The van der Waals surface area contributed by atoms with E-state index in [0.29, 0.717) is 28.9 Å². The number of carbonyl (C=O) groups is 1. The Kier molecular flexibility index (Phi) is 4.73. The molecule has 20 heavy (non-hydrogen) atoms. The van der Waals surface area contributed by atoms with Crippen molar-refractivity contribution in [3.8, 4) is 0 Å². The fourth-order valence-corrected chi connectivity index (χ4v) is 4.89. The highest BCUT2D eigenvalue weighted by molar-refractivity contribution is 9.10. The van der Waals surface area contributed by atoms with Gasteiger partial charge in [0.25, 0.3) is 0 Å². The summed E-state index contributed by atoms with van der Waals surface area (Å²) in [5, 5.41) is 9.36. The van der Waals surface area contributed by atoms with Crippen molar-refractivity contribution in [3.63, 3.8) is 0 Å². The average molecular weight is 383 g/mol. The molecule has 2 rings (SSSR count). The van der Waals surface area contributed by atoms with Crippen LogP contribution in [0.3, 0.4) is 0 Å². The minimum Gasteiger partial charge on any atom is -0.481 e. The van der Waals surface area contributed by atoms with Gasteiger partial charge in [0.2, 0.25) is 10.0 Å². The summed E-state index contributed by atoms with van der Waals surface area (Å²) in [5.41, 5.74) is 0. The maximum absolute atomic E-state index is 12.6. The molecule has 0 aromatic heterocycles. The largest absolute Gasteiger partial charge is 0.481 e. The Morgan fingerprint density at radius 1 is 1.45 bits per heavy atom. The van der Waals surface area contributed by atoms with Crippen molar-refractivity contribution in [2.45, 2.75) is 17.7 Å². The lowest BCUT2D eigenvalue weighted by Crippen LogP contribution is -2.42. The molecule has 1 fully saturated rings. The standard InChI is InChI=1S/C12H13BrClNO4S/c13-10-4-3-9(14)6-11(10)20(18,19)15-5-1-2-8(7-15)12(16)17/h3-4,6,8H,1-2,5,7H2,(H,16,17). The van der Waals surface area contributed by atoms with Crippen LogP contribution < -0.4 is 0 Å². The fraction of sp³-hybridized carbons (Fsp3) is 0.417. The molecule has 8 heteroatoms. The van der Waals surface area contributed by atoms with Gasteiger partial charge in [0.05, 0.1) is 10.8 Å². The molecule has 0 spiro atoms. The zero-order valence-electron chi connectivity index (χ0n) is 10.4. The van der Waals surface area contributed by atoms with Gasteiger partial charge < -0.3 is 5.11 Å². The molecule has 0 saturated carbocycles. The summed E-state index contributed by atoms with van der Waals surface area (Å²) in [4.78, 5) is 11.1. The molecular weight excluding hydrogens is 370 g/mol. The van der Waals surface area contributed by atoms with Gasteiger partial charge >= 0.3 is 5.97 Å². The van der Waals surface area contributed by atoms with Crippen molar-refractivity contribution < 1.29 is 18.3 Å². The molecule has 1 unspecified atom stereocenters. The van der Waals surface area contributed by atoms with E-state index < -0.39 is 21.9 Å². The van der Waals surface area contributed by atoms with E-state index >= 15 is 0 Å². The van der Waals surface area contributed by atoms with Gasteiger partial charge in [-0.05, 0) is 47.0 Å². The molecule has 0 aliphatic carbocycles. The number of rotatable bonds is 3. The molecule has 1 aromatic carbocycles. The third kappa shape index (κ3) is 3.16. The van der Waals surface area contributed by atoms with Crippen molar-refractivity contribution in [3.05, 3.63) is 27.7 Å². The molecule has 0 bridgehead atoms. The van der Waals surface area contributed by atoms with Crippen molar-refractivity contribution in [1.29, 1.82) is 0 Å². The molecule has 0 amide bonds. The van der Waals surface area contributed by atoms with Crippen molar-refractivity contribution in [2.24, 2.45) is 5.92 Å². The van der Waals surface area contributed by atoms with Gasteiger partial charge in [-0.1, -0.05) is 11.6 Å². The van der Waals surface area contributed by atoms with Crippen LogP contribution in [0.5, 0.6) is 0 Å². The molecule has 1 heterocycles. The molecule has 110 valence electrons. The number of hydrogen-bond acceptors (Lipinski definition) is 3. The second-order valence-electron chi connectivity index (χ2n) is 4.62. The normalized spacial score (nSPS) is 20.8. The third-order valence-corrected chi connectivity index (χ3v) is 6.34. The Morgan fingerprint density at radius 3 is 2.80 bits per heavy atom. The molecule has 0 radical (unpaired) electrons. The Hall–Kier alpha value is -0.630. The van der Waals surface area contributed by atoms with Gasteiger partial charge in [-0.25, -0.2) is 8.42 Å². The summed E-state index contributed by atoms with van der Waals surface area (Å²) in [7, 11) is -3.74. The summed E-state index contributed by atoms with van der Waals surface area (Å²) in [6.45, 7) is 0.321. The van der Waals surface area contributed by atoms with Crippen LogP contribution >= 0.6 is 27.5 Å². The number of aliphatic carboxylic acids is 1. The number of benzene rings is 1. The number of sulfonamides is 1. The van der Waals surface area contributed by atoms with E-state index in [-0.39, 0.29) is 11.4 Å². The lowest BCUT2D eigenvalue weighted by Gasteiger charge is -2.30. The number of carboxylic acid groups (broad SMARTS) is 1. The number of piperidine rings is 1. The maximum Gasteiger partial charge on any atom is 0.307 e. The van der Waals surface area contributed by atoms with E-state index in [1.807, 2.05) is 0 Å². The van der Waals surface area contributed by atoms with E-state index in [4.69, 9.17) is 16.7 Å². The second kappa shape index (κ2) is 6.01. The van der Waals surface area contributed by atoms with Crippen LogP contribution in [0.2, 0.25) is 5.02 Å². The van der Waals surface area contributed by atoms with E-state index in [0.717, 1.165) is 0 Å². The van der Waals surface area contributed by atoms with E-state index in [2.05, 4.69) is 15.9 Å². The summed E-state index contributed by atoms with van der Waals surface area (Å²) in [5.74, 6) is -1.62. The highest BCUT2D eigenvalue weighted by Crippen LogP contribution is 2.30. The lowest BCUT2D eigenvalue weighted by atomic mass is 10.0. The van der Waals surface area contributed by atoms with E-state index in [9.17, 15) is 13.2 Å². The monoisotopic (exact) mass is 381 g/mol. The minimum absolute atomic E-state index is 0.00335. The second-order valence-corrected chi connectivity index (χ2v) is 7.81. The fourth-order valence-electron chi connectivity index (χ4n) is 2.18. The van der Waals surface area contributed by atoms with Crippen molar-refractivity contribution >= 4 is 43.5 Å². The predicted octanol–water partition coefficient (Wildman–Crippen LogP) is 2.59. The van der Waals surface area contributed by atoms with Gasteiger partial charge in [-0.15, -0.1) is 0 Å². The quantitative estimate of drug-likeness (QED) is 0.872. The summed E-state index contributed by atoms with van der Waals surface area (Å²) in [6.07, 6.45) is 1.03. The number of hydrogen-bond donors (Lipinski definition) is 1. The van der Waals surface area contributed by atoms with Gasteiger partial charge in [0.15, 0.2) is 0 Å². The molecule has 1 saturated heterocycles. The van der Waals surface area contributed by atoms with Gasteiger partial charge in [0.1, 0.15) is 0 Å².